The summed E-state index contributed by atoms with van der Waals surface area (Å²) in [6, 6.07) is 5.79. The maximum atomic E-state index is 6.40. The molecule has 3 rings (SSSR count). The summed E-state index contributed by atoms with van der Waals surface area (Å²) in [6.45, 7) is 5.89. The number of fused-ring (bicyclic) bond motifs is 1. The molecule has 21 heavy (non-hydrogen) atoms. The van der Waals surface area contributed by atoms with Gasteiger partial charge in [-0.3, -0.25) is 4.57 Å². The number of benzene rings is 1. The molecule has 2 aromatic heterocycles. The third kappa shape index (κ3) is 2.21. The first-order valence-electron chi connectivity index (χ1n) is 6.47. The smallest absolute Gasteiger partial charge is 0.150 e. The van der Waals surface area contributed by atoms with E-state index in [0.29, 0.717) is 16.7 Å². The number of halogens is 2. The molecule has 0 saturated heterocycles. The average Bonchev–Trinajstić information content (AvgIpc) is 2.63. The lowest BCUT2D eigenvalue weighted by molar-refractivity contribution is 0.995. The fourth-order valence-corrected chi connectivity index (χ4v) is 3.32. The first-order chi connectivity index (χ1) is 9.90. The lowest BCUT2D eigenvalue weighted by atomic mass is 10.2. The predicted molar refractivity (Wildman–Crippen MR) is 90.2 cm³/mol. The van der Waals surface area contributed by atoms with Crippen molar-refractivity contribution in [3.05, 3.63) is 44.8 Å². The molecule has 3 aromatic rings. The quantitative estimate of drug-likeness (QED) is 0.697. The molecule has 0 spiro atoms. The van der Waals surface area contributed by atoms with Gasteiger partial charge in [-0.25, -0.2) is 9.97 Å². The van der Waals surface area contributed by atoms with Gasteiger partial charge in [0.2, 0.25) is 0 Å². The van der Waals surface area contributed by atoms with Gasteiger partial charge < -0.3 is 5.73 Å². The number of hydrogen-bond donors (Lipinski definition) is 1. The van der Waals surface area contributed by atoms with Gasteiger partial charge in [0, 0.05) is 10.2 Å². The van der Waals surface area contributed by atoms with E-state index in [2.05, 4.69) is 25.9 Å². The maximum Gasteiger partial charge on any atom is 0.150 e. The topological polar surface area (TPSA) is 56.7 Å². The van der Waals surface area contributed by atoms with E-state index in [1.807, 2.05) is 43.5 Å². The Hall–Kier alpha value is -1.59. The number of nitrogens with zero attached hydrogens (tertiary/aromatic N) is 3. The molecule has 2 N–H and O–H groups in total. The van der Waals surface area contributed by atoms with Gasteiger partial charge in [0.25, 0.3) is 0 Å². The Morgan fingerprint density at radius 3 is 2.57 bits per heavy atom. The van der Waals surface area contributed by atoms with Gasteiger partial charge in [-0.05, 0) is 44.5 Å². The van der Waals surface area contributed by atoms with Crippen molar-refractivity contribution in [2.75, 3.05) is 5.73 Å². The summed E-state index contributed by atoms with van der Waals surface area (Å²) < 4.78 is 2.97. The van der Waals surface area contributed by atoms with Gasteiger partial charge in [-0.15, -0.1) is 0 Å². The Balaban J connectivity index is 2.45. The van der Waals surface area contributed by atoms with E-state index in [0.717, 1.165) is 32.5 Å². The summed E-state index contributed by atoms with van der Waals surface area (Å²) in [4.78, 5) is 8.82. The summed E-state index contributed by atoms with van der Waals surface area (Å²) in [5.41, 5.74) is 9.88. The highest BCUT2D eigenvalue weighted by molar-refractivity contribution is 9.10. The minimum atomic E-state index is 0.505. The highest BCUT2D eigenvalue weighted by Crippen LogP contribution is 2.33. The molecule has 1 aromatic carbocycles. The monoisotopic (exact) mass is 364 g/mol. The van der Waals surface area contributed by atoms with Crippen LogP contribution in [0, 0.1) is 20.8 Å². The normalized spacial score (nSPS) is 11.3. The second kappa shape index (κ2) is 5.00. The van der Waals surface area contributed by atoms with Gasteiger partial charge in [0.15, 0.2) is 5.65 Å². The Bertz CT molecular complexity index is 870. The Kier molecular flexibility index (Phi) is 3.42. The summed E-state index contributed by atoms with van der Waals surface area (Å²) in [5.74, 6) is 1.15. The van der Waals surface area contributed by atoms with Crippen LogP contribution in [0.3, 0.4) is 0 Å². The molecule has 4 nitrogen and oxygen atoms in total. The molecule has 0 aliphatic rings. The van der Waals surface area contributed by atoms with Crippen molar-refractivity contribution in [1.82, 2.24) is 14.5 Å². The molecule has 0 aliphatic heterocycles. The zero-order chi connectivity index (χ0) is 15.3. The lowest BCUT2D eigenvalue weighted by Gasteiger charge is -2.10. The molecular weight excluding hydrogens is 352 g/mol. The Morgan fingerprint density at radius 2 is 1.90 bits per heavy atom. The summed E-state index contributed by atoms with van der Waals surface area (Å²) in [5, 5.41) is 1.54. The molecular formula is C15H14BrClN4. The van der Waals surface area contributed by atoms with Crippen molar-refractivity contribution in [3.8, 4) is 5.69 Å². The van der Waals surface area contributed by atoms with Crippen LogP contribution in [0.1, 0.15) is 17.1 Å². The SMILES string of the molecule is Cc1nc(N)c2c(C)c(C)n(-c3ccc(Br)cc3Cl)c2n1. The Labute approximate surface area is 136 Å². The second-order valence-corrected chi connectivity index (χ2v) is 6.32. The van der Waals surface area contributed by atoms with E-state index < -0.39 is 0 Å². The number of aryl methyl sites for hydroxylation is 2. The van der Waals surface area contributed by atoms with Crippen LogP contribution in [-0.2, 0) is 0 Å². The van der Waals surface area contributed by atoms with E-state index in [4.69, 9.17) is 17.3 Å². The third-order valence-corrected chi connectivity index (χ3v) is 4.44. The van der Waals surface area contributed by atoms with Crippen LogP contribution >= 0.6 is 27.5 Å². The van der Waals surface area contributed by atoms with Crippen LogP contribution in [0.25, 0.3) is 16.7 Å². The molecule has 0 radical (unpaired) electrons. The van der Waals surface area contributed by atoms with Crippen LogP contribution in [0.15, 0.2) is 22.7 Å². The van der Waals surface area contributed by atoms with Crippen LogP contribution < -0.4 is 5.73 Å². The summed E-state index contributed by atoms with van der Waals surface area (Å²) in [7, 11) is 0. The van der Waals surface area contributed by atoms with Crippen molar-refractivity contribution >= 4 is 44.4 Å². The van der Waals surface area contributed by atoms with Gasteiger partial charge in [-0.2, -0.15) is 0 Å². The van der Waals surface area contributed by atoms with Gasteiger partial charge in [0.05, 0.1) is 16.1 Å². The summed E-state index contributed by atoms with van der Waals surface area (Å²) >= 11 is 9.83. The number of hydrogen-bond acceptors (Lipinski definition) is 3. The fraction of sp³-hybridized carbons (Fsp3) is 0.200. The average molecular weight is 366 g/mol. The maximum absolute atomic E-state index is 6.40. The van der Waals surface area contributed by atoms with Gasteiger partial charge >= 0.3 is 0 Å². The molecule has 0 fully saturated rings. The standard InChI is InChI=1S/C15H14BrClN4/c1-7-8(2)21(12-5-4-10(16)6-11(12)17)15-13(7)14(18)19-9(3)20-15/h4-6H,1-3H3,(H2,18,19,20). The van der Waals surface area contributed by atoms with Crippen LogP contribution in [0.4, 0.5) is 5.82 Å². The highest BCUT2D eigenvalue weighted by atomic mass is 79.9. The van der Waals surface area contributed by atoms with Crippen molar-refractivity contribution < 1.29 is 0 Å². The number of rotatable bonds is 1. The minimum Gasteiger partial charge on any atom is -0.383 e. The van der Waals surface area contributed by atoms with Crippen molar-refractivity contribution in [1.29, 1.82) is 0 Å². The summed E-state index contributed by atoms with van der Waals surface area (Å²) in [6.07, 6.45) is 0. The molecule has 0 aliphatic carbocycles. The van der Waals surface area contributed by atoms with Gasteiger partial charge in [-0.1, -0.05) is 27.5 Å². The first kappa shape index (κ1) is 14.4. The molecule has 0 amide bonds. The largest absolute Gasteiger partial charge is 0.383 e. The number of nitrogens with two attached hydrogens (primary N) is 1. The van der Waals surface area contributed by atoms with Crippen molar-refractivity contribution in [2.45, 2.75) is 20.8 Å². The van der Waals surface area contributed by atoms with E-state index >= 15 is 0 Å². The number of aromatic nitrogens is 3. The van der Waals surface area contributed by atoms with Crippen molar-refractivity contribution in [2.24, 2.45) is 0 Å². The van der Waals surface area contributed by atoms with E-state index in [9.17, 15) is 0 Å². The molecule has 6 heteroatoms. The fourth-order valence-electron chi connectivity index (χ4n) is 2.57. The molecule has 0 atom stereocenters. The number of anilines is 1. The molecule has 0 unspecified atom stereocenters. The van der Waals surface area contributed by atoms with Crippen molar-refractivity contribution in [3.63, 3.8) is 0 Å². The second-order valence-electron chi connectivity index (χ2n) is 5.00. The molecule has 2 heterocycles. The molecule has 0 saturated carbocycles. The highest BCUT2D eigenvalue weighted by Gasteiger charge is 2.18. The van der Waals surface area contributed by atoms with Crippen LogP contribution in [-0.4, -0.2) is 14.5 Å². The van der Waals surface area contributed by atoms with E-state index in [1.54, 1.807) is 0 Å². The van der Waals surface area contributed by atoms with E-state index in [-0.39, 0.29) is 0 Å². The molecule has 108 valence electrons. The minimum absolute atomic E-state index is 0.505. The Morgan fingerprint density at radius 1 is 1.19 bits per heavy atom. The van der Waals surface area contributed by atoms with Crippen LogP contribution in [0.2, 0.25) is 5.02 Å². The van der Waals surface area contributed by atoms with Crippen LogP contribution in [0.5, 0.6) is 0 Å². The zero-order valence-corrected chi connectivity index (χ0v) is 14.2. The van der Waals surface area contributed by atoms with Gasteiger partial charge in [0.1, 0.15) is 11.6 Å². The lowest BCUT2D eigenvalue weighted by Crippen LogP contribution is -2.02. The number of nitrogen functional groups attached to an aromatic ring is 1. The first-order valence-corrected chi connectivity index (χ1v) is 7.64. The predicted octanol–water partition coefficient (Wildman–Crippen LogP) is 4.34. The third-order valence-electron chi connectivity index (χ3n) is 3.65. The zero-order valence-electron chi connectivity index (χ0n) is 11.9. The van der Waals surface area contributed by atoms with E-state index in [1.165, 1.54) is 0 Å². The molecule has 0 bridgehead atoms.